The minimum atomic E-state index is -3.67. The van der Waals surface area contributed by atoms with Gasteiger partial charge in [-0.1, -0.05) is 23.8 Å². The molecular formula is C26H44NO3PPdS. The van der Waals surface area contributed by atoms with Crippen LogP contribution in [0, 0.1) is 6.07 Å². The van der Waals surface area contributed by atoms with Gasteiger partial charge in [-0.25, -0.2) is 0 Å². The molecule has 2 rings (SSSR count). The van der Waals surface area contributed by atoms with Crippen LogP contribution in [0.2, 0.25) is 0 Å². The van der Waals surface area contributed by atoms with Crippen LogP contribution < -0.4 is 5.32 Å². The van der Waals surface area contributed by atoms with Crippen LogP contribution >= 0.6 is 7.92 Å². The molecule has 2 aromatic carbocycles. The smallest absolute Gasteiger partial charge is 0.261 e. The fourth-order valence-electron chi connectivity index (χ4n) is 4.87. The second-order valence-electron chi connectivity index (χ2n) is 10.9. The van der Waals surface area contributed by atoms with Gasteiger partial charge in [0.1, 0.15) is 0 Å². The van der Waals surface area contributed by atoms with Crippen molar-refractivity contribution in [2.75, 3.05) is 18.6 Å². The van der Waals surface area contributed by atoms with Crippen LogP contribution in [0.15, 0.2) is 48.5 Å². The van der Waals surface area contributed by atoms with Crippen LogP contribution in [0.4, 0.5) is 5.69 Å². The predicted octanol–water partition coefficient (Wildman–Crippen LogP) is 7.29. The molecular weight excluding hydrogens is 544 g/mol. The maximum Gasteiger partial charge on any atom is 0.261 e. The van der Waals surface area contributed by atoms with E-state index in [4.69, 9.17) is 4.55 Å². The molecule has 0 fully saturated rings. The van der Waals surface area contributed by atoms with Crippen molar-refractivity contribution in [1.29, 1.82) is 0 Å². The molecule has 2 aromatic rings. The molecule has 0 amide bonds. The average Bonchev–Trinajstić information content (AvgIpc) is 2.57. The number of benzene rings is 2. The second kappa shape index (κ2) is 14.0. The van der Waals surface area contributed by atoms with Gasteiger partial charge in [0, 0.05) is 35.4 Å². The van der Waals surface area contributed by atoms with E-state index in [1.165, 1.54) is 5.56 Å². The minimum absolute atomic E-state index is 0. The van der Waals surface area contributed by atoms with E-state index in [9.17, 15) is 8.42 Å². The molecule has 0 radical (unpaired) electrons. The first kappa shape index (κ1) is 34.4. The molecule has 33 heavy (non-hydrogen) atoms. The summed E-state index contributed by atoms with van der Waals surface area (Å²) >= 11 is 0. The summed E-state index contributed by atoms with van der Waals surface area (Å²) in [5, 5.41) is 4.64. The van der Waals surface area contributed by atoms with Crippen LogP contribution in [0.25, 0.3) is 11.1 Å². The number of para-hydroxylation sites is 1. The number of rotatable bonds is 2. The van der Waals surface area contributed by atoms with Crippen molar-refractivity contribution in [3.8, 4) is 11.1 Å². The maximum absolute atomic E-state index is 9.19. The zero-order valence-electron chi connectivity index (χ0n) is 22.1. The molecule has 0 aliphatic rings. The third-order valence-corrected chi connectivity index (χ3v) is 8.95. The normalized spacial score (nSPS) is 11.9. The van der Waals surface area contributed by atoms with E-state index in [-0.39, 0.29) is 20.4 Å². The Balaban J connectivity index is 0. The van der Waals surface area contributed by atoms with Gasteiger partial charge >= 0.3 is 0 Å². The van der Waals surface area contributed by atoms with Crippen LogP contribution in [0.5, 0.6) is 0 Å². The molecule has 0 aliphatic carbocycles. The number of hydrogen-bond acceptors (Lipinski definition) is 3. The summed E-state index contributed by atoms with van der Waals surface area (Å²) in [5.41, 5.74) is 3.45. The first-order chi connectivity index (χ1) is 14.3. The zero-order valence-corrected chi connectivity index (χ0v) is 25.5. The molecule has 0 aromatic heterocycles. The largest absolute Gasteiger partial charge is 0.395 e. The SMILES string of the molecule is CC(C)(C)[PH+](C(C)(C)C)C(C)(C)C.CNc1ccccc1-c1[c-]cccc1.CS(=O)(=O)O.[Pd]. The van der Waals surface area contributed by atoms with Gasteiger partial charge in [0.15, 0.2) is 0 Å². The number of anilines is 1. The van der Waals surface area contributed by atoms with Crippen molar-refractivity contribution in [3.63, 3.8) is 0 Å². The van der Waals surface area contributed by atoms with E-state index >= 15 is 0 Å². The molecule has 0 saturated carbocycles. The second-order valence-corrected chi connectivity index (χ2v) is 17.6. The first-order valence-electron chi connectivity index (χ1n) is 10.8. The van der Waals surface area contributed by atoms with E-state index in [0.29, 0.717) is 21.7 Å². The number of hydrogen-bond donors (Lipinski definition) is 2. The first-order valence-corrected chi connectivity index (χ1v) is 14.2. The quantitative estimate of drug-likeness (QED) is 0.168. The zero-order chi connectivity index (χ0) is 25.4. The van der Waals surface area contributed by atoms with Crippen molar-refractivity contribution in [1.82, 2.24) is 0 Å². The molecule has 192 valence electrons. The van der Waals surface area contributed by atoms with Gasteiger partial charge in [0.2, 0.25) is 0 Å². The average molecular weight is 588 g/mol. The van der Waals surface area contributed by atoms with Gasteiger partial charge in [-0.05, 0) is 74.1 Å². The Labute approximate surface area is 218 Å². The van der Waals surface area contributed by atoms with Gasteiger partial charge in [0.05, 0.1) is 21.7 Å². The summed E-state index contributed by atoms with van der Waals surface area (Å²) in [6.45, 7) is 21.6. The van der Waals surface area contributed by atoms with Gasteiger partial charge in [0.25, 0.3) is 10.1 Å². The van der Waals surface area contributed by atoms with Crippen molar-refractivity contribution in [2.45, 2.75) is 77.8 Å². The van der Waals surface area contributed by atoms with Crippen LogP contribution in [-0.4, -0.2) is 41.7 Å². The Bertz CT molecular complexity index is 872. The summed E-state index contributed by atoms with van der Waals surface area (Å²) in [5.74, 6) is 0. The van der Waals surface area contributed by atoms with Crippen LogP contribution in [-0.2, 0) is 30.5 Å². The third-order valence-electron chi connectivity index (χ3n) is 4.45. The van der Waals surface area contributed by atoms with Crippen molar-refractivity contribution in [3.05, 3.63) is 54.6 Å². The van der Waals surface area contributed by atoms with E-state index in [0.717, 1.165) is 11.3 Å². The summed E-state index contributed by atoms with van der Waals surface area (Å²) < 4.78 is 25.9. The molecule has 0 heterocycles. The van der Waals surface area contributed by atoms with Gasteiger partial charge in [-0.2, -0.15) is 8.42 Å². The van der Waals surface area contributed by atoms with Crippen LogP contribution in [0.1, 0.15) is 62.3 Å². The monoisotopic (exact) mass is 587 g/mol. The Morgan fingerprint density at radius 1 is 0.818 bits per heavy atom. The fraction of sp³-hybridized carbons (Fsp3) is 0.538. The Morgan fingerprint density at radius 2 is 1.21 bits per heavy atom. The molecule has 4 nitrogen and oxygen atoms in total. The molecule has 0 spiro atoms. The molecule has 7 heteroatoms. The standard InChI is InChI=1S/C13H12N.C12H27P.CH4O3S.Pd/c1-14-13-10-6-5-9-12(13)11-7-3-2-4-8-11;1-10(2,3)13(11(4,5)6)12(7,8)9;1-5(2,3)4;/h2-7,9-10,14H,1H3;1-9H3;1H3,(H,2,3,4);/q-1;;;/p+1. The van der Waals surface area contributed by atoms with E-state index in [2.05, 4.69) is 91.9 Å². The summed E-state index contributed by atoms with van der Waals surface area (Å²) in [7, 11) is -2.13. The molecule has 0 bridgehead atoms. The Hall–Kier alpha value is -0.758. The molecule has 0 aliphatic heterocycles. The minimum Gasteiger partial charge on any atom is -0.395 e. The molecule has 0 atom stereocenters. The fourth-order valence-corrected chi connectivity index (χ4v) is 11.6. The van der Waals surface area contributed by atoms with Crippen LogP contribution in [0.3, 0.4) is 0 Å². The molecule has 2 N–H and O–H groups in total. The summed E-state index contributed by atoms with van der Waals surface area (Å²) in [4.78, 5) is 0. The molecule has 0 saturated heterocycles. The van der Waals surface area contributed by atoms with E-state index in [1.807, 2.05) is 37.4 Å². The van der Waals surface area contributed by atoms with E-state index in [1.54, 1.807) is 0 Å². The molecule has 0 unspecified atom stereocenters. The Morgan fingerprint density at radius 3 is 1.52 bits per heavy atom. The summed E-state index contributed by atoms with van der Waals surface area (Å²) in [6.07, 6.45) is 0.715. The van der Waals surface area contributed by atoms with Crippen molar-refractivity contribution < 1.29 is 33.4 Å². The maximum atomic E-state index is 9.19. The van der Waals surface area contributed by atoms with Gasteiger partial charge in [-0.15, -0.1) is 35.9 Å². The topological polar surface area (TPSA) is 66.4 Å². The third kappa shape index (κ3) is 15.0. The van der Waals surface area contributed by atoms with Gasteiger partial charge in [-0.3, -0.25) is 4.55 Å². The summed E-state index contributed by atoms with van der Waals surface area (Å²) in [6, 6.07) is 19.4. The van der Waals surface area contributed by atoms with Gasteiger partial charge < -0.3 is 5.32 Å². The Kier molecular flexibility index (Phi) is 14.6. The van der Waals surface area contributed by atoms with Crippen molar-refractivity contribution >= 4 is 23.7 Å². The number of nitrogens with one attached hydrogen (secondary N) is 1. The van der Waals surface area contributed by atoms with Crippen molar-refractivity contribution in [2.24, 2.45) is 0 Å². The predicted molar refractivity (Wildman–Crippen MR) is 145 cm³/mol. The van der Waals surface area contributed by atoms with E-state index < -0.39 is 18.0 Å².